The molecule has 0 aromatic carbocycles. The van der Waals surface area contributed by atoms with E-state index in [4.69, 9.17) is 5.11 Å². The Bertz CT molecular complexity index is 408. The van der Waals surface area contributed by atoms with Crippen LogP contribution in [0.1, 0.15) is 37.8 Å². The molecule has 1 atom stereocenters. The van der Waals surface area contributed by atoms with Gasteiger partial charge in [-0.2, -0.15) is 5.10 Å². The van der Waals surface area contributed by atoms with Crippen molar-refractivity contribution in [3.8, 4) is 0 Å². The van der Waals surface area contributed by atoms with Gasteiger partial charge in [0, 0.05) is 24.9 Å². The van der Waals surface area contributed by atoms with E-state index in [1.165, 1.54) is 5.69 Å². The maximum absolute atomic E-state index is 11.1. The number of likely N-dealkylation sites (tertiary alicyclic amines) is 1. The first-order valence-corrected chi connectivity index (χ1v) is 6.58. The highest BCUT2D eigenvalue weighted by atomic mass is 16.4. The second kappa shape index (κ2) is 5.52. The zero-order valence-electron chi connectivity index (χ0n) is 11.0. The van der Waals surface area contributed by atoms with Gasteiger partial charge < -0.3 is 5.11 Å². The number of hydrogen-bond donors (Lipinski definition) is 1. The van der Waals surface area contributed by atoms with Crippen LogP contribution in [0.3, 0.4) is 0 Å². The van der Waals surface area contributed by atoms with Crippen LogP contribution < -0.4 is 0 Å². The van der Waals surface area contributed by atoms with Gasteiger partial charge in [0.1, 0.15) is 6.04 Å². The summed E-state index contributed by atoms with van der Waals surface area (Å²) in [4.78, 5) is 13.2. The van der Waals surface area contributed by atoms with Gasteiger partial charge >= 0.3 is 5.97 Å². The summed E-state index contributed by atoms with van der Waals surface area (Å²) in [7, 11) is 1.97. The van der Waals surface area contributed by atoms with Gasteiger partial charge in [-0.1, -0.05) is 6.92 Å². The molecule has 2 rings (SSSR count). The maximum atomic E-state index is 11.1. The van der Waals surface area contributed by atoms with E-state index in [-0.39, 0.29) is 6.04 Å². The van der Waals surface area contributed by atoms with Crippen LogP contribution in [0.4, 0.5) is 0 Å². The van der Waals surface area contributed by atoms with Crippen molar-refractivity contribution in [1.29, 1.82) is 0 Å². The third kappa shape index (κ3) is 2.56. The van der Waals surface area contributed by atoms with Crippen LogP contribution in [-0.2, 0) is 11.8 Å². The van der Waals surface area contributed by atoms with E-state index in [0.717, 1.165) is 25.9 Å². The smallest absolute Gasteiger partial charge is 0.320 e. The molecule has 18 heavy (non-hydrogen) atoms. The maximum Gasteiger partial charge on any atom is 0.320 e. The van der Waals surface area contributed by atoms with Crippen molar-refractivity contribution < 1.29 is 9.90 Å². The van der Waals surface area contributed by atoms with Crippen LogP contribution in [0.5, 0.6) is 0 Å². The summed E-state index contributed by atoms with van der Waals surface area (Å²) in [6.07, 6.45) is 4.53. The first kappa shape index (κ1) is 13.1. The molecule has 1 aromatic rings. The van der Waals surface area contributed by atoms with E-state index >= 15 is 0 Å². The minimum Gasteiger partial charge on any atom is -0.480 e. The highest BCUT2D eigenvalue weighted by Gasteiger charge is 2.29. The minimum absolute atomic E-state index is 0.322. The average molecular weight is 251 g/mol. The van der Waals surface area contributed by atoms with Crippen molar-refractivity contribution >= 4 is 5.97 Å². The standard InChI is InChI=1S/C13H21N3O2/c1-3-11(13(17)18)16-8-5-10(6-9-16)12-4-7-14-15(12)2/h4,7,10-11H,3,5-6,8-9H2,1-2H3,(H,17,18). The number of hydrogen-bond acceptors (Lipinski definition) is 3. The second-order valence-electron chi connectivity index (χ2n) is 4.95. The first-order valence-electron chi connectivity index (χ1n) is 6.58. The molecule has 1 aromatic heterocycles. The van der Waals surface area contributed by atoms with E-state index in [0.29, 0.717) is 12.3 Å². The molecular weight excluding hydrogens is 230 g/mol. The Balaban J connectivity index is 1.96. The topological polar surface area (TPSA) is 58.4 Å². The Labute approximate surface area is 107 Å². The number of piperidine rings is 1. The van der Waals surface area contributed by atoms with Crippen LogP contribution in [0, 0.1) is 0 Å². The van der Waals surface area contributed by atoms with E-state index in [9.17, 15) is 4.79 Å². The number of rotatable bonds is 4. The average Bonchev–Trinajstić information content (AvgIpc) is 2.77. The summed E-state index contributed by atoms with van der Waals surface area (Å²) in [5.74, 6) is -0.184. The van der Waals surface area contributed by atoms with Gasteiger partial charge in [-0.25, -0.2) is 0 Å². The van der Waals surface area contributed by atoms with E-state index in [1.54, 1.807) is 0 Å². The van der Waals surface area contributed by atoms with E-state index in [2.05, 4.69) is 16.1 Å². The summed E-state index contributed by atoms with van der Waals surface area (Å²) in [6.45, 7) is 3.66. The van der Waals surface area contributed by atoms with Crippen molar-refractivity contribution in [3.63, 3.8) is 0 Å². The molecule has 0 aliphatic carbocycles. The number of aromatic nitrogens is 2. The largest absolute Gasteiger partial charge is 0.480 e. The summed E-state index contributed by atoms with van der Waals surface area (Å²) in [5, 5.41) is 13.4. The molecule has 0 saturated carbocycles. The molecule has 1 saturated heterocycles. The van der Waals surface area contributed by atoms with Gasteiger partial charge in [0.15, 0.2) is 0 Å². The first-order chi connectivity index (χ1) is 8.63. The molecule has 5 heteroatoms. The molecule has 100 valence electrons. The number of carboxylic acid groups (broad SMARTS) is 1. The van der Waals surface area contributed by atoms with Gasteiger partial charge in [-0.3, -0.25) is 14.4 Å². The summed E-state index contributed by atoms with van der Waals surface area (Å²) < 4.78 is 1.93. The Morgan fingerprint density at radius 1 is 1.56 bits per heavy atom. The zero-order chi connectivity index (χ0) is 13.1. The van der Waals surface area contributed by atoms with E-state index in [1.807, 2.05) is 24.9 Å². The lowest BCUT2D eigenvalue weighted by atomic mass is 9.92. The van der Waals surface area contributed by atoms with Crippen molar-refractivity contribution in [2.45, 2.75) is 38.1 Å². The van der Waals surface area contributed by atoms with Crippen molar-refractivity contribution in [3.05, 3.63) is 18.0 Å². The van der Waals surface area contributed by atoms with Gasteiger partial charge in [0.05, 0.1) is 0 Å². The van der Waals surface area contributed by atoms with E-state index < -0.39 is 5.97 Å². The molecule has 1 unspecified atom stereocenters. The molecule has 0 amide bonds. The third-order valence-electron chi connectivity index (χ3n) is 3.92. The van der Waals surface area contributed by atoms with Gasteiger partial charge in [-0.05, 0) is 38.4 Å². The number of nitrogens with zero attached hydrogens (tertiary/aromatic N) is 3. The highest BCUT2D eigenvalue weighted by Crippen LogP contribution is 2.28. The molecule has 0 radical (unpaired) electrons. The van der Waals surface area contributed by atoms with Crippen molar-refractivity contribution in [2.24, 2.45) is 7.05 Å². The van der Waals surface area contributed by atoms with Gasteiger partial charge in [0.2, 0.25) is 0 Å². The molecular formula is C13H21N3O2. The lowest BCUT2D eigenvalue weighted by molar-refractivity contribution is -0.143. The fraction of sp³-hybridized carbons (Fsp3) is 0.692. The normalized spacial score (nSPS) is 19.9. The third-order valence-corrected chi connectivity index (χ3v) is 3.92. The van der Waals surface area contributed by atoms with Crippen LogP contribution in [0.2, 0.25) is 0 Å². The van der Waals surface area contributed by atoms with Crippen LogP contribution >= 0.6 is 0 Å². The Hall–Kier alpha value is -1.36. The molecule has 1 N–H and O–H groups in total. The molecule has 1 fully saturated rings. The molecule has 1 aliphatic heterocycles. The fourth-order valence-corrected chi connectivity index (χ4v) is 2.88. The Kier molecular flexibility index (Phi) is 4.01. The Morgan fingerprint density at radius 2 is 2.22 bits per heavy atom. The van der Waals surface area contributed by atoms with Crippen LogP contribution in [0.15, 0.2) is 12.3 Å². The highest BCUT2D eigenvalue weighted by molar-refractivity contribution is 5.73. The Morgan fingerprint density at radius 3 is 2.67 bits per heavy atom. The summed E-state index contributed by atoms with van der Waals surface area (Å²) in [5.41, 5.74) is 1.26. The van der Waals surface area contributed by atoms with Crippen molar-refractivity contribution in [2.75, 3.05) is 13.1 Å². The minimum atomic E-state index is -0.698. The lowest BCUT2D eigenvalue weighted by Crippen LogP contribution is -2.45. The predicted octanol–water partition coefficient (Wildman–Crippen LogP) is 1.46. The van der Waals surface area contributed by atoms with Crippen LogP contribution in [-0.4, -0.2) is 44.9 Å². The van der Waals surface area contributed by atoms with Gasteiger partial charge in [-0.15, -0.1) is 0 Å². The molecule has 1 aliphatic rings. The number of aryl methyl sites for hydroxylation is 1. The summed E-state index contributed by atoms with van der Waals surface area (Å²) in [6, 6.07) is 1.74. The molecule has 5 nitrogen and oxygen atoms in total. The fourth-order valence-electron chi connectivity index (χ4n) is 2.88. The molecule has 2 heterocycles. The number of carboxylic acids is 1. The van der Waals surface area contributed by atoms with Gasteiger partial charge in [0.25, 0.3) is 0 Å². The van der Waals surface area contributed by atoms with Crippen molar-refractivity contribution in [1.82, 2.24) is 14.7 Å². The molecule has 0 spiro atoms. The number of aliphatic carboxylic acids is 1. The molecule has 0 bridgehead atoms. The quantitative estimate of drug-likeness (QED) is 0.880. The monoisotopic (exact) mass is 251 g/mol. The lowest BCUT2D eigenvalue weighted by Gasteiger charge is -2.35. The SMILES string of the molecule is CCC(C(=O)O)N1CCC(c2ccnn2C)CC1. The van der Waals surface area contributed by atoms with Crippen LogP contribution in [0.25, 0.3) is 0 Å². The summed E-state index contributed by atoms with van der Waals surface area (Å²) >= 11 is 0. The predicted molar refractivity (Wildman–Crippen MR) is 68.5 cm³/mol. The second-order valence-corrected chi connectivity index (χ2v) is 4.95. The zero-order valence-corrected chi connectivity index (χ0v) is 11.0. The number of carbonyl (C=O) groups is 1.